The van der Waals surface area contributed by atoms with Gasteiger partial charge < -0.3 is 15.6 Å². The molecule has 0 amide bonds. The van der Waals surface area contributed by atoms with E-state index in [1.165, 1.54) is 12.1 Å². The molecule has 0 saturated heterocycles. The number of alkyl halides is 3. The summed E-state index contributed by atoms with van der Waals surface area (Å²) in [7, 11) is -3.97. The van der Waals surface area contributed by atoms with Crippen molar-refractivity contribution in [2.45, 2.75) is 12.3 Å². The first-order chi connectivity index (χ1) is 9.60. The van der Waals surface area contributed by atoms with Gasteiger partial charge in [-0.1, -0.05) is 0 Å². The molecule has 120 valence electrons. The molecule has 10 heteroatoms. The van der Waals surface area contributed by atoms with Crippen molar-refractivity contribution in [3.05, 3.63) is 24.3 Å². The number of sulfonamides is 1. The summed E-state index contributed by atoms with van der Waals surface area (Å²) in [5, 5.41) is 8.68. The smallest absolute Gasteiger partial charge is 0.415 e. The average Bonchev–Trinajstić information content (AvgIpc) is 2.37. The van der Waals surface area contributed by atoms with E-state index in [9.17, 15) is 21.6 Å². The zero-order valence-corrected chi connectivity index (χ0v) is 11.6. The fourth-order valence-corrected chi connectivity index (χ4v) is 2.09. The predicted molar refractivity (Wildman–Crippen MR) is 70.2 cm³/mol. The third kappa shape index (κ3) is 6.65. The summed E-state index contributed by atoms with van der Waals surface area (Å²) in [6.07, 6.45) is -7.62. The minimum absolute atomic E-state index is 0.249. The lowest BCUT2D eigenvalue weighted by Crippen LogP contribution is -2.41. The highest BCUT2D eigenvalue weighted by Gasteiger charge is 2.38. The van der Waals surface area contributed by atoms with E-state index in [-0.39, 0.29) is 6.61 Å². The lowest BCUT2D eigenvalue weighted by molar-refractivity contribution is -0.200. The van der Waals surface area contributed by atoms with Crippen LogP contribution in [-0.2, 0) is 10.0 Å². The van der Waals surface area contributed by atoms with Crippen LogP contribution in [0.3, 0.4) is 0 Å². The highest BCUT2D eigenvalue weighted by atomic mass is 32.2. The number of ether oxygens (including phenoxy) is 1. The lowest BCUT2D eigenvalue weighted by atomic mass is 10.3. The molecule has 0 heterocycles. The van der Waals surface area contributed by atoms with Gasteiger partial charge in [0, 0.05) is 12.2 Å². The molecule has 1 aromatic rings. The summed E-state index contributed by atoms with van der Waals surface area (Å²) < 4.78 is 65.6. The third-order valence-electron chi connectivity index (χ3n) is 2.38. The largest absolute Gasteiger partial charge is 0.492 e. The maximum absolute atomic E-state index is 12.0. The second kappa shape index (κ2) is 6.96. The van der Waals surface area contributed by atoms with Crippen molar-refractivity contribution in [3.63, 3.8) is 0 Å². The van der Waals surface area contributed by atoms with E-state index >= 15 is 0 Å². The van der Waals surface area contributed by atoms with Crippen LogP contribution in [0.4, 0.5) is 18.9 Å². The van der Waals surface area contributed by atoms with E-state index in [2.05, 4.69) is 0 Å². The van der Waals surface area contributed by atoms with Gasteiger partial charge in [-0.2, -0.15) is 13.2 Å². The van der Waals surface area contributed by atoms with Crippen LogP contribution < -0.4 is 15.2 Å². The van der Waals surface area contributed by atoms with Crippen molar-refractivity contribution in [1.82, 2.24) is 4.72 Å². The van der Waals surface area contributed by atoms with Gasteiger partial charge in [0.15, 0.2) is 6.10 Å². The first kappa shape index (κ1) is 17.5. The Morgan fingerprint density at radius 3 is 2.38 bits per heavy atom. The van der Waals surface area contributed by atoms with E-state index in [1.54, 1.807) is 16.9 Å². The first-order valence-electron chi connectivity index (χ1n) is 5.80. The molecule has 0 saturated carbocycles. The number of aliphatic hydroxyl groups is 1. The average molecular weight is 328 g/mol. The molecule has 0 aliphatic heterocycles. The van der Waals surface area contributed by atoms with E-state index in [0.29, 0.717) is 11.4 Å². The zero-order valence-electron chi connectivity index (χ0n) is 10.8. The minimum atomic E-state index is -4.87. The summed E-state index contributed by atoms with van der Waals surface area (Å²) >= 11 is 0. The quantitative estimate of drug-likeness (QED) is 0.632. The summed E-state index contributed by atoms with van der Waals surface area (Å²) in [6, 6.07) is 6.18. The van der Waals surface area contributed by atoms with Crippen LogP contribution in [0.5, 0.6) is 5.75 Å². The maximum atomic E-state index is 12.0. The molecule has 0 fully saturated rings. The van der Waals surface area contributed by atoms with Gasteiger partial charge in [0.2, 0.25) is 10.0 Å². The number of nitrogen functional groups attached to an aromatic ring is 1. The monoisotopic (exact) mass is 328 g/mol. The number of anilines is 1. The normalized spacial score (nSPS) is 13.9. The molecule has 0 aliphatic rings. The van der Waals surface area contributed by atoms with E-state index in [1.807, 2.05) is 0 Å². The SMILES string of the molecule is Nc1ccc(OCCS(=O)(=O)NCC(O)C(F)(F)F)cc1. The van der Waals surface area contributed by atoms with Crippen molar-refractivity contribution >= 4 is 15.7 Å². The molecule has 1 atom stereocenters. The molecule has 4 N–H and O–H groups in total. The van der Waals surface area contributed by atoms with E-state index in [4.69, 9.17) is 15.6 Å². The van der Waals surface area contributed by atoms with Crippen molar-refractivity contribution in [2.75, 3.05) is 24.6 Å². The number of rotatable bonds is 7. The Balaban J connectivity index is 2.38. The number of halogens is 3. The van der Waals surface area contributed by atoms with Gasteiger partial charge in [-0.3, -0.25) is 0 Å². The Morgan fingerprint density at radius 1 is 1.29 bits per heavy atom. The molecule has 0 aromatic heterocycles. The lowest BCUT2D eigenvalue weighted by Gasteiger charge is -2.15. The zero-order chi connectivity index (χ0) is 16.1. The maximum Gasteiger partial charge on any atom is 0.415 e. The second-order valence-electron chi connectivity index (χ2n) is 4.14. The number of benzene rings is 1. The molecule has 21 heavy (non-hydrogen) atoms. The molecule has 1 unspecified atom stereocenters. The summed E-state index contributed by atoms with van der Waals surface area (Å²) in [5.74, 6) is -0.156. The number of hydrogen-bond donors (Lipinski definition) is 3. The van der Waals surface area contributed by atoms with Crippen LogP contribution in [0, 0.1) is 0 Å². The summed E-state index contributed by atoms with van der Waals surface area (Å²) in [6.45, 7) is -1.38. The molecule has 0 aliphatic carbocycles. The van der Waals surface area contributed by atoms with Gasteiger partial charge in [0.1, 0.15) is 12.4 Å². The number of nitrogens with two attached hydrogens (primary N) is 1. The predicted octanol–water partition coefficient (Wildman–Crippen LogP) is 0.490. The molecule has 1 rings (SSSR count). The van der Waals surface area contributed by atoms with Crippen molar-refractivity contribution in [1.29, 1.82) is 0 Å². The highest BCUT2D eigenvalue weighted by molar-refractivity contribution is 7.89. The molecule has 0 bridgehead atoms. The fourth-order valence-electron chi connectivity index (χ4n) is 1.23. The van der Waals surface area contributed by atoms with Crippen LogP contribution in [0.25, 0.3) is 0 Å². The molecular weight excluding hydrogens is 313 g/mol. The molecular formula is C11H15F3N2O4S. The molecule has 1 aromatic carbocycles. The van der Waals surface area contributed by atoms with Gasteiger partial charge in [-0.05, 0) is 24.3 Å². The summed E-state index contributed by atoms with van der Waals surface area (Å²) in [4.78, 5) is 0. The van der Waals surface area contributed by atoms with Crippen LogP contribution in [0.15, 0.2) is 24.3 Å². The Labute approximate surface area is 119 Å². The molecule has 0 spiro atoms. The van der Waals surface area contributed by atoms with Gasteiger partial charge in [0.25, 0.3) is 0 Å². The molecule has 0 radical (unpaired) electrons. The Hall–Kier alpha value is -1.52. The van der Waals surface area contributed by atoms with Crippen LogP contribution in [0.1, 0.15) is 0 Å². The van der Waals surface area contributed by atoms with Gasteiger partial charge in [-0.15, -0.1) is 0 Å². The van der Waals surface area contributed by atoms with E-state index < -0.39 is 34.6 Å². The van der Waals surface area contributed by atoms with Crippen LogP contribution in [0.2, 0.25) is 0 Å². The van der Waals surface area contributed by atoms with E-state index in [0.717, 1.165) is 0 Å². The molecule has 6 nitrogen and oxygen atoms in total. The van der Waals surface area contributed by atoms with Gasteiger partial charge in [-0.25, -0.2) is 13.1 Å². The topological polar surface area (TPSA) is 102 Å². The first-order valence-corrected chi connectivity index (χ1v) is 7.46. The second-order valence-corrected chi connectivity index (χ2v) is 6.07. The number of nitrogens with one attached hydrogen (secondary N) is 1. The fraction of sp³-hybridized carbons (Fsp3) is 0.455. The van der Waals surface area contributed by atoms with Crippen LogP contribution in [-0.4, -0.2) is 44.7 Å². The third-order valence-corrected chi connectivity index (χ3v) is 3.69. The van der Waals surface area contributed by atoms with Crippen molar-refractivity contribution in [3.8, 4) is 5.75 Å². The minimum Gasteiger partial charge on any atom is -0.492 e. The summed E-state index contributed by atoms with van der Waals surface area (Å²) in [5.41, 5.74) is 5.96. The highest BCUT2D eigenvalue weighted by Crippen LogP contribution is 2.19. The standard InChI is InChI=1S/C11H15F3N2O4S/c12-11(13,14)10(17)7-16-21(18,19)6-5-20-9-3-1-8(15)2-4-9/h1-4,10,16-17H,5-7,15H2. The van der Waals surface area contributed by atoms with Crippen LogP contribution >= 0.6 is 0 Å². The number of hydrogen-bond acceptors (Lipinski definition) is 5. The Bertz CT molecular complexity index is 546. The van der Waals surface area contributed by atoms with Crippen molar-refractivity contribution < 1.29 is 31.4 Å². The Kier molecular flexibility index (Phi) is 5.81. The van der Waals surface area contributed by atoms with Crippen molar-refractivity contribution in [2.24, 2.45) is 0 Å². The number of aliphatic hydroxyl groups excluding tert-OH is 1. The Morgan fingerprint density at radius 2 is 1.86 bits per heavy atom. The van der Waals surface area contributed by atoms with Gasteiger partial charge in [0.05, 0.1) is 5.75 Å². The van der Waals surface area contributed by atoms with Gasteiger partial charge >= 0.3 is 6.18 Å².